The van der Waals surface area contributed by atoms with Crippen molar-refractivity contribution in [3.63, 3.8) is 0 Å². The molecule has 1 aromatic heterocycles. The molecule has 3 aromatic rings. The third kappa shape index (κ3) is 3.48. The second-order valence-electron chi connectivity index (χ2n) is 6.77. The summed E-state index contributed by atoms with van der Waals surface area (Å²) in [5.74, 6) is -0.221. The first-order valence-electron chi connectivity index (χ1n) is 9.08. The van der Waals surface area contributed by atoms with Crippen LogP contribution >= 0.6 is 12.4 Å². The number of nitrogens with zero attached hydrogens (tertiary/aromatic N) is 1. The van der Waals surface area contributed by atoms with E-state index in [-0.39, 0.29) is 37.5 Å². The quantitative estimate of drug-likeness (QED) is 0.602. The van der Waals surface area contributed by atoms with Crippen LogP contribution in [0.15, 0.2) is 42.5 Å². The number of aliphatic hydroxyl groups excluding tert-OH is 2. The number of aryl methyl sites for hydroxylation is 1. The molecule has 2 aromatic carbocycles. The molecule has 27 heavy (non-hydrogen) atoms. The molecule has 0 spiro atoms. The largest absolute Gasteiger partial charge is 0.395 e. The number of aromatic nitrogens is 1. The van der Waals surface area contributed by atoms with Gasteiger partial charge in [-0.2, -0.15) is 0 Å². The minimum Gasteiger partial charge on any atom is -0.395 e. The maximum absolute atomic E-state index is 14.4. The predicted octanol–water partition coefficient (Wildman–Crippen LogP) is 3.67. The van der Waals surface area contributed by atoms with Gasteiger partial charge in [-0.25, -0.2) is 4.39 Å². The van der Waals surface area contributed by atoms with Crippen LogP contribution in [-0.2, 0) is 6.42 Å². The van der Waals surface area contributed by atoms with Crippen LogP contribution in [0.3, 0.4) is 0 Å². The SMILES string of the molecule is Cl.OCCN(CCO)C1CCc2c(-c3ccccc3F)[nH]c3cccc1c23. The summed E-state index contributed by atoms with van der Waals surface area (Å²) in [7, 11) is 0. The Kier molecular flexibility index (Phi) is 6.17. The standard InChI is InChI=1S/C21H23FN2O2.ClH/c22-17-6-2-1-4-14(17)21-16-8-9-19(24(10-12-25)11-13-26)15-5-3-7-18(23-21)20(15)16;/h1-7,19,23,25-26H,8-13H2;1H. The van der Waals surface area contributed by atoms with Crippen LogP contribution in [0.5, 0.6) is 0 Å². The zero-order valence-corrected chi connectivity index (χ0v) is 15.8. The van der Waals surface area contributed by atoms with Crippen molar-refractivity contribution in [3.05, 3.63) is 59.4 Å². The number of H-pyrrole nitrogens is 1. The van der Waals surface area contributed by atoms with E-state index < -0.39 is 0 Å². The second kappa shape index (κ2) is 8.40. The van der Waals surface area contributed by atoms with Crippen LogP contribution in [-0.4, -0.2) is 46.4 Å². The van der Waals surface area contributed by atoms with Gasteiger partial charge in [0.15, 0.2) is 0 Å². The van der Waals surface area contributed by atoms with Crippen molar-refractivity contribution in [1.29, 1.82) is 0 Å². The van der Waals surface area contributed by atoms with E-state index in [0.29, 0.717) is 18.7 Å². The van der Waals surface area contributed by atoms with Crippen LogP contribution in [0, 0.1) is 5.82 Å². The Bertz CT molecular complexity index is 922. The van der Waals surface area contributed by atoms with Gasteiger partial charge < -0.3 is 15.2 Å². The van der Waals surface area contributed by atoms with Gasteiger partial charge in [-0.05, 0) is 42.2 Å². The molecule has 4 nitrogen and oxygen atoms in total. The molecule has 0 aliphatic heterocycles. The minimum atomic E-state index is -0.221. The molecule has 4 rings (SSSR count). The number of nitrogens with one attached hydrogen (secondary N) is 1. The van der Waals surface area contributed by atoms with Gasteiger partial charge in [-0.3, -0.25) is 4.90 Å². The highest BCUT2D eigenvalue weighted by Crippen LogP contribution is 2.43. The number of halogens is 2. The van der Waals surface area contributed by atoms with Gasteiger partial charge in [0.1, 0.15) is 5.82 Å². The molecule has 0 saturated carbocycles. The Labute approximate surface area is 164 Å². The zero-order valence-electron chi connectivity index (χ0n) is 15.0. The Morgan fingerprint density at radius 3 is 2.48 bits per heavy atom. The van der Waals surface area contributed by atoms with Crippen molar-refractivity contribution in [2.45, 2.75) is 18.9 Å². The van der Waals surface area contributed by atoms with Gasteiger partial charge >= 0.3 is 0 Å². The molecule has 0 saturated heterocycles. The number of aliphatic hydroxyl groups is 2. The second-order valence-corrected chi connectivity index (χ2v) is 6.77. The van der Waals surface area contributed by atoms with Gasteiger partial charge in [0, 0.05) is 35.6 Å². The molecule has 0 amide bonds. The van der Waals surface area contributed by atoms with E-state index in [1.807, 2.05) is 24.3 Å². The van der Waals surface area contributed by atoms with Crippen molar-refractivity contribution >= 4 is 23.3 Å². The summed E-state index contributed by atoms with van der Waals surface area (Å²) in [4.78, 5) is 5.55. The molecule has 0 radical (unpaired) electrons. The molecule has 1 aliphatic rings. The van der Waals surface area contributed by atoms with Crippen molar-refractivity contribution in [1.82, 2.24) is 9.88 Å². The van der Waals surface area contributed by atoms with Crippen LogP contribution in [0.2, 0.25) is 0 Å². The van der Waals surface area contributed by atoms with Gasteiger partial charge in [0.2, 0.25) is 0 Å². The first-order chi connectivity index (χ1) is 12.7. The van der Waals surface area contributed by atoms with Crippen molar-refractivity contribution in [2.75, 3.05) is 26.3 Å². The number of hydrogen-bond donors (Lipinski definition) is 3. The van der Waals surface area contributed by atoms with Crippen molar-refractivity contribution < 1.29 is 14.6 Å². The Balaban J connectivity index is 0.00000210. The molecule has 3 N–H and O–H groups in total. The fourth-order valence-corrected chi connectivity index (χ4v) is 4.26. The van der Waals surface area contributed by atoms with Crippen LogP contribution in [0.1, 0.15) is 23.6 Å². The number of benzene rings is 2. The molecule has 0 bridgehead atoms. The molecule has 144 valence electrons. The lowest BCUT2D eigenvalue weighted by atomic mass is 9.86. The Morgan fingerprint density at radius 1 is 1.04 bits per heavy atom. The first-order valence-corrected chi connectivity index (χ1v) is 9.08. The maximum Gasteiger partial charge on any atom is 0.132 e. The van der Waals surface area contributed by atoms with Crippen LogP contribution < -0.4 is 0 Å². The van der Waals surface area contributed by atoms with E-state index in [1.165, 1.54) is 11.6 Å². The summed E-state index contributed by atoms with van der Waals surface area (Å²) in [5.41, 5.74) is 4.81. The van der Waals surface area contributed by atoms with E-state index in [9.17, 15) is 14.6 Å². The molecule has 6 heteroatoms. The van der Waals surface area contributed by atoms with Gasteiger partial charge in [-0.15, -0.1) is 12.4 Å². The van der Waals surface area contributed by atoms with Crippen molar-refractivity contribution in [2.24, 2.45) is 0 Å². The monoisotopic (exact) mass is 390 g/mol. The lowest BCUT2D eigenvalue weighted by Gasteiger charge is -2.34. The van der Waals surface area contributed by atoms with E-state index in [4.69, 9.17) is 0 Å². The van der Waals surface area contributed by atoms with Crippen LogP contribution in [0.25, 0.3) is 22.2 Å². The molecule has 1 heterocycles. The third-order valence-corrected chi connectivity index (χ3v) is 5.35. The topological polar surface area (TPSA) is 59.5 Å². The molecule has 1 atom stereocenters. The highest BCUT2D eigenvalue weighted by atomic mass is 35.5. The third-order valence-electron chi connectivity index (χ3n) is 5.35. The lowest BCUT2D eigenvalue weighted by Crippen LogP contribution is -2.35. The fraction of sp³-hybridized carbons (Fsp3) is 0.333. The zero-order chi connectivity index (χ0) is 18.1. The first kappa shape index (κ1) is 19.8. The van der Waals surface area contributed by atoms with Gasteiger partial charge in [0.25, 0.3) is 0 Å². The normalized spacial score (nSPS) is 15.9. The van der Waals surface area contributed by atoms with E-state index in [1.54, 1.807) is 6.07 Å². The molecule has 1 aliphatic carbocycles. The molecular weight excluding hydrogens is 367 g/mol. The highest BCUT2D eigenvalue weighted by molar-refractivity contribution is 5.94. The lowest BCUT2D eigenvalue weighted by molar-refractivity contribution is 0.116. The van der Waals surface area contributed by atoms with E-state index in [0.717, 1.165) is 35.0 Å². The number of rotatable bonds is 6. The molecule has 1 unspecified atom stereocenters. The summed E-state index contributed by atoms with van der Waals surface area (Å²) < 4.78 is 14.4. The summed E-state index contributed by atoms with van der Waals surface area (Å²) in [6.07, 6.45) is 1.71. The maximum atomic E-state index is 14.4. The van der Waals surface area contributed by atoms with Gasteiger partial charge in [-0.1, -0.05) is 24.3 Å². The van der Waals surface area contributed by atoms with Gasteiger partial charge in [0.05, 0.1) is 18.9 Å². The smallest absolute Gasteiger partial charge is 0.132 e. The average molecular weight is 391 g/mol. The number of aromatic amines is 1. The Morgan fingerprint density at radius 2 is 1.78 bits per heavy atom. The summed E-state index contributed by atoms with van der Waals surface area (Å²) in [6.45, 7) is 1.18. The summed E-state index contributed by atoms with van der Waals surface area (Å²) in [6, 6.07) is 13.2. The summed E-state index contributed by atoms with van der Waals surface area (Å²) >= 11 is 0. The predicted molar refractivity (Wildman–Crippen MR) is 108 cm³/mol. The minimum absolute atomic E-state index is 0. The Hall–Kier alpha value is -1.92. The highest BCUT2D eigenvalue weighted by Gasteiger charge is 2.29. The number of hydrogen-bond acceptors (Lipinski definition) is 3. The molecular formula is C21H24ClFN2O2. The van der Waals surface area contributed by atoms with E-state index in [2.05, 4.69) is 16.0 Å². The van der Waals surface area contributed by atoms with E-state index >= 15 is 0 Å². The summed E-state index contributed by atoms with van der Waals surface area (Å²) in [5, 5.41) is 19.9. The average Bonchev–Trinajstić information content (AvgIpc) is 3.03. The molecule has 0 fully saturated rings. The van der Waals surface area contributed by atoms with Crippen LogP contribution in [0.4, 0.5) is 4.39 Å². The van der Waals surface area contributed by atoms with Crippen molar-refractivity contribution in [3.8, 4) is 11.3 Å². The fourth-order valence-electron chi connectivity index (χ4n) is 4.26.